The highest BCUT2D eigenvalue weighted by atomic mass is 16.2. The molecule has 0 unspecified atom stereocenters. The molecule has 0 aliphatic carbocycles. The summed E-state index contributed by atoms with van der Waals surface area (Å²) < 4.78 is 1.18. The Morgan fingerprint density at radius 3 is 2.40 bits per heavy atom. The van der Waals surface area contributed by atoms with Crippen LogP contribution in [0.5, 0.6) is 0 Å². The van der Waals surface area contributed by atoms with E-state index < -0.39 is 0 Å². The Morgan fingerprint density at radius 2 is 1.72 bits per heavy atom. The quantitative estimate of drug-likeness (QED) is 0.749. The fraction of sp³-hybridized carbons (Fsp3) is 0.211. The first-order valence-corrected chi connectivity index (χ1v) is 8.19. The van der Waals surface area contributed by atoms with Gasteiger partial charge in [0, 0.05) is 12.1 Å². The minimum atomic E-state index is -0.342. The van der Waals surface area contributed by atoms with Crippen molar-refractivity contribution in [2.75, 3.05) is 5.32 Å². The molecule has 1 heterocycles. The van der Waals surface area contributed by atoms with Gasteiger partial charge in [0.1, 0.15) is 0 Å². The lowest BCUT2D eigenvalue weighted by Gasteiger charge is -2.08. The molecule has 3 aromatic rings. The van der Waals surface area contributed by atoms with Crippen LogP contribution in [-0.4, -0.2) is 15.7 Å². The van der Waals surface area contributed by atoms with Gasteiger partial charge in [0.2, 0.25) is 5.91 Å². The van der Waals surface area contributed by atoms with Gasteiger partial charge in [0.25, 0.3) is 11.1 Å². The summed E-state index contributed by atoms with van der Waals surface area (Å²) in [6.45, 7) is 2.17. The SMILES string of the molecule is CCc1ccc(NC(=O)CCn2[nH]c(=O)c3ccccc3c2=O)cc1. The molecule has 2 aromatic carbocycles. The van der Waals surface area contributed by atoms with Gasteiger partial charge in [-0.3, -0.25) is 19.5 Å². The fourth-order valence-corrected chi connectivity index (χ4v) is 2.66. The van der Waals surface area contributed by atoms with Crippen molar-refractivity contribution >= 4 is 22.4 Å². The van der Waals surface area contributed by atoms with Gasteiger partial charge in [0.15, 0.2) is 0 Å². The van der Waals surface area contributed by atoms with Crippen molar-refractivity contribution in [2.45, 2.75) is 26.3 Å². The molecule has 0 spiro atoms. The van der Waals surface area contributed by atoms with E-state index in [-0.39, 0.29) is 30.0 Å². The number of carbonyl (C=O) groups is 1. The lowest BCUT2D eigenvalue weighted by atomic mass is 10.1. The standard InChI is InChI=1S/C19H19N3O3/c1-2-13-7-9-14(10-8-13)20-17(23)11-12-22-19(25)16-6-4-3-5-15(16)18(24)21-22/h3-10H,2,11-12H2,1H3,(H,20,23)(H,21,24). The zero-order chi connectivity index (χ0) is 17.8. The molecule has 128 valence electrons. The van der Waals surface area contributed by atoms with E-state index >= 15 is 0 Å². The number of nitrogens with one attached hydrogen (secondary N) is 2. The van der Waals surface area contributed by atoms with Crippen LogP contribution in [0.4, 0.5) is 5.69 Å². The average molecular weight is 337 g/mol. The van der Waals surface area contributed by atoms with E-state index in [0.717, 1.165) is 6.42 Å². The molecule has 0 fully saturated rings. The average Bonchev–Trinajstić information content (AvgIpc) is 2.64. The van der Waals surface area contributed by atoms with Crippen LogP contribution in [0, 0.1) is 0 Å². The minimum Gasteiger partial charge on any atom is -0.326 e. The molecule has 0 aliphatic rings. The van der Waals surface area contributed by atoms with E-state index in [1.54, 1.807) is 24.3 Å². The van der Waals surface area contributed by atoms with Crippen molar-refractivity contribution in [3.8, 4) is 0 Å². The van der Waals surface area contributed by atoms with E-state index in [4.69, 9.17) is 0 Å². The number of hydrogen-bond acceptors (Lipinski definition) is 3. The zero-order valence-electron chi connectivity index (χ0n) is 13.9. The van der Waals surface area contributed by atoms with Gasteiger partial charge in [-0.05, 0) is 36.2 Å². The largest absolute Gasteiger partial charge is 0.326 e. The van der Waals surface area contributed by atoms with E-state index in [9.17, 15) is 14.4 Å². The number of rotatable bonds is 5. The molecule has 1 amide bonds. The number of benzene rings is 2. The number of aryl methyl sites for hydroxylation is 2. The number of aromatic amines is 1. The minimum absolute atomic E-state index is 0.0870. The molecule has 3 rings (SSSR count). The monoisotopic (exact) mass is 337 g/mol. The van der Waals surface area contributed by atoms with Crippen LogP contribution < -0.4 is 16.4 Å². The highest BCUT2D eigenvalue weighted by Crippen LogP contribution is 2.10. The number of carbonyl (C=O) groups excluding carboxylic acids is 1. The Morgan fingerprint density at radius 1 is 1.04 bits per heavy atom. The Balaban J connectivity index is 1.71. The summed E-state index contributed by atoms with van der Waals surface area (Å²) in [5, 5.41) is 6.01. The summed E-state index contributed by atoms with van der Waals surface area (Å²) in [5.74, 6) is -0.217. The highest BCUT2D eigenvalue weighted by Gasteiger charge is 2.08. The third-order valence-electron chi connectivity index (χ3n) is 4.09. The number of anilines is 1. The van der Waals surface area contributed by atoms with Crippen molar-refractivity contribution in [1.29, 1.82) is 0 Å². The van der Waals surface area contributed by atoms with E-state index in [2.05, 4.69) is 17.3 Å². The van der Waals surface area contributed by atoms with Gasteiger partial charge >= 0.3 is 0 Å². The molecule has 25 heavy (non-hydrogen) atoms. The first kappa shape index (κ1) is 16.7. The summed E-state index contributed by atoms with van der Waals surface area (Å²) in [6, 6.07) is 14.2. The predicted molar refractivity (Wildman–Crippen MR) is 97.9 cm³/mol. The van der Waals surface area contributed by atoms with Gasteiger partial charge in [-0.15, -0.1) is 0 Å². The maximum absolute atomic E-state index is 12.4. The Labute approximate surface area is 144 Å². The first-order valence-electron chi connectivity index (χ1n) is 8.19. The number of nitrogens with zero attached hydrogens (tertiary/aromatic N) is 1. The van der Waals surface area contributed by atoms with Crippen molar-refractivity contribution < 1.29 is 4.79 Å². The van der Waals surface area contributed by atoms with Crippen molar-refractivity contribution in [1.82, 2.24) is 9.78 Å². The number of hydrogen-bond donors (Lipinski definition) is 2. The number of H-pyrrole nitrogens is 1. The lowest BCUT2D eigenvalue weighted by molar-refractivity contribution is -0.116. The maximum Gasteiger partial charge on any atom is 0.273 e. The topological polar surface area (TPSA) is 84.0 Å². The molecule has 1 aromatic heterocycles. The fourth-order valence-electron chi connectivity index (χ4n) is 2.66. The first-order chi connectivity index (χ1) is 12.1. The van der Waals surface area contributed by atoms with Crippen molar-refractivity contribution in [3.05, 3.63) is 74.8 Å². The second-order valence-corrected chi connectivity index (χ2v) is 5.79. The van der Waals surface area contributed by atoms with Crippen LogP contribution in [0.25, 0.3) is 10.8 Å². The van der Waals surface area contributed by atoms with Gasteiger partial charge in [0.05, 0.1) is 17.3 Å². The second-order valence-electron chi connectivity index (χ2n) is 5.79. The molecular weight excluding hydrogens is 318 g/mol. The third-order valence-corrected chi connectivity index (χ3v) is 4.09. The van der Waals surface area contributed by atoms with Gasteiger partial charge < -0.3 is 5.32 Å². The van der Waals surface area contributed by atoms with Crippen LogP contribution >= 0.6 is 0 Å². The number of aromatic nitrogens is 2. The van der Waals surface area contributed by atoms with Crippen LogP contribution in [0.15, 0.2) is 58.1 Å². The van der Waals surface area contributed by atoms with Crippen LogP contribution in [0.1, 0.15) is 18.9 Å². The maximum atomic E-state index is 12.4. The third kappa shape index (κ3) is 3.68. The molecule has 0 atom stereocenters. The van der Waals surface area contributed by atoms with Gasteiger partial charge in [-0.2, -0.15) is 0 Å². The van der Waals surface area contributed by atoms with E-state index in [0.29, 0.717) is 16.5 Å². The van der Waals surface area contributed by atoms with Crippen LogP contribution in [0.3, 0.4) is 0 Å². The molecule has 0 saturated heterocycles. The lowest BCUT2D eigenvalue weighted by Crippen LogP contribution is -2.31. The predicted octanol–water partition coefficient (Wildman–Crippen LogP) is 2.28. The van der Waals surface area contributed by atoms with E-state index in [1.165, 1.54) is 10.2 Å². The molecule has 0 radical (unpaired) electrons. The molecular formula is C19H19N3O3. The Bertz CT molecular complexity index is 1020. The summed E-state index contributed by atoms with van der Waals surface area (Å²) in [5.41, 5.74) is 1.25. The van der Waals surface area contributed by atoms with Crippen LogP contribution in [0.2, 0.25) is 0 Å². The summed E-state index contributed by atoms with van der Waals surface area (Å²) >= 11 is 0. The summed E-state index contributed by atoms with van der Waals surface area (Å²) in [7, 11) is 0. The Kier molecular flexibility index (Phi) is 4.79. The summed E-state index contributed by atoms with van der Waals surface area (Å²) in [4.78, 5) is 36.5. The molecule has 0 bridgehead atoms. The molecule has 6 nitrogen and oxygen atoms in total. The molecule has 0 saturated carbocycles. The molecule has 0 aliphatic heterocycles. The second kappa shape index (κ2) is 7.17. The van der Waals surface area contributed by atoms with Crippen molar-refractivity contribution in [2.24, 2.45) is 0 Å². The van der Waals surface area contributed by atoms with Crippen molar-refractivity contribution in [3.63, 3.8) is 0 Å². The molecule has 2 N–H and O–H groups in total. The summed E-state index contributed by atoms with van der Waals surface area (Å²) in [6.07, 6.45) is 1.02. The number of amides is 1. The normalized spacial score (nSPS) is 10.8. The molecule has 6 heteroatoms. The highest BCUT2D eigenvalue weighted by molar-refractivity contribution is 5.90. The number of fused-ring (bicyclic) bond motifs is 1. The van der Waals surface area contributed by atoms with E-state index in [1.807, 2.05) is 24.3 Å². The van der Waals surface area contributed by atoms with Crippen LogP contribution in [-0.2, 0) is 17.8 Å². The van der Waals surface area contributed by atoms with Gasteiger partial charge in [-0.25, -0.2) is 4.68 Å². The van der Waals surface area contributed by atoms with Gasteiger partial charge in [-0.1, -0.05) is 31.2 Å². The zero-order valence-corrected chi connectivity index (χ0v) is 13.9. The smallest absolute Gasteiger partial charge is 0.273 e. The Hall–Kier alpha value is -3.15.